The number of hydrogen-bond acceptors (Lipinski definition) is 5. The average Bonchev–Trinajstić information content (AvgIpc) is 3.07. The van der Waals surface area contributed by atoms with Crippen molar-refractivity contribution in [2.75, 3.05) is 13.1 Å². The molecule has 3 rings (SSSR count). The quantitative estimate of drug-likeness (QED) is 0.646. The normalized spacial score (nSPS) is 21.3. The summed E-state index contributed by atoms with van der Waals surface area (Å²) < 4.78 is 1.26. The van der Waals surface area contributed by atoms with E-state index in [1.165, 1.54) is 11.6 Å². The van der Waals surface area contributed by atoms with Gasteiger partial charge in [-0.2, -0.15) is 0 Å². The first-order chi connectivity index (χ1) is 10.9. The van der Waals surface area contributed by atoms with Gasteiger partial charge in [-0.15, -0.1) is 0 Å². The molecule has 0 spiro atoms. The smallest absolute Gasteiger partial charge is 0.329 e. The van der Waals surface area contributed by atoms with Gasteiger partial charge < -0.3 is 15.6 Å². The van der Waals surface area contributed by atoms with Gasteiger partial charge in [0, 0.05) is 39.0 Å². The first-order valence-electron chi connectivity index (χ1n) is 7.58. The molecule has 2 aromatic heterocycles. The molecule has 2 aromatic rings. The molecule has 9 nitrogen and oxygen atoms in total. The number of nitrogens with two attached hydrogens (primary N) is 1. The summed E-state index contributed by atoms with van der Waals surface area (Å²) in [5, 5.41) is 0. The van der Waals surface area contributed by atoms with Crippen LogP contribution >= 0.6 is 0 Å². The van der Waals surface area contributed by atoms with Crippen molar-refractivity contribution in [2.24, 2.45) is 18.7 Å². The van der Waals surface area contributed by atoms with Crippen LogP contribution in [0.2, 0.25) is 0 Å². The van der Waals surface area contributed by atoms with Crippen LogP contribution in [-0.2, 0) is 18.3 Å². The number of carbonyl (C=O) groups is 1. The summed E-state index contributed by atoms with van der Waals surface area (Å²) in [5.74, 6) is 0.836. The molecule has 0 bridgehead atoms. The van der Waals surface area contributed by atoms with Crippen molar-refractivity contribution >= 4 is 17.1 Å². The fourth-order valence-corrected chi connectivity index (χ4v) is 2.85. The summed E-state index contributed by atoms with van der Waals surface area (Å²) >= 11 is 0. The summed E-state index contributed by atoms with van der Waals surface area (Å²) in [7, 11) is 1.53. The Kier molecular flexibility index (Phi) is 3.80. The summed E-state index contributed by atoms with van der Waals surface area (Å²) in [6.45, 7) is 3.28. The monoisotopic (exact) mass is 320 g/mol. The van der Waals surface area contributed by atoms with Crippen molar-refractivity contribution in [2.45, 2.75) is 25.8 Å². The largest absolute Gasteiger partial charge is 0.341 e. The molecule has 2 atom stereocenters. The lowest BCUT2D eigenvalue weighted by Crippen LogP contribution is -2.32. The maximum absolute atomic E-state index is 12.2. The Morgan fingerprint density at radius 1 is 1.35 bits per heavy atom. The molecule has 1 aliphatic rings. The SMILES string of the molecule is CC1CN(C(=O)CCc2nc3c([nH]2)c(=O)[nH]c(=O)n3C)CC1N. The standard InChI is InChI=1S/C14H20N6O3/c1-7-5-20(6-8(7)15)10(21)4-3-9-16-11-12(17-9)19(2)14(23)18-13(11)22/h7-8H,3-6,15H2,1-2H3,(H,16,17)(H,18,22,23). The first-order valence-corrected chi connectivity index (χ1v) is 7.58. The van der Waals surface area contributed by atoms with Gasteiger partial charge in [0.05, 0.1) is 0 Å². The minimum Gasteiger partial charge on any atom is -0.341 e. The number of fused-ring (bicyclic) bond motifs is 1. The molecular formula is C14H20N6O3. The number of H-pyrrole nitrogens is 2. The third-order valence-electron chi connectivity index (χ3n) is 4.40. The van der Waals surface area contributed by atoms with Crippen LogP contribution in [0, 0.1) is 5.92 Å². The summed E-state index contributed by atoms with van der Waals surface area (Å²) in [4.78, 5) is 46.6. The van der Waals surface area contributed by atoms with Gasteiger partial charge in [-0.1, -0.05) is 6.92 Å². The van der Waals surface area contributed by atoms with Crippen molar-refractivity contribution in [3.63, 3.8) is 0 Å². The minimum atomic E-state index is -0.517. The highest BCUT2D eigenvalue weighted by molar-refractivity contribution is 5.77. The number of rotatable bonds is 3. The Morgan fingerprint density at radius 3 is 2.74 bits per heavy atom. The van der Waals surface area contributed by atoms with Crippen molar-refractivity contribution in [1.82, 2.24) is 24.4 Å². The highest BCUT2D eigenvalue weighted by Gasteiger charge is 2.29. The van der Waals surface area contributed by atoms with Gasteiger partial charge in [-0.3, -0.25) is 19.1 Å². The van der Waals surface area contributed by atoms with Crippen LogP contribution in [0.25, 0.3) is 11.2 Å². The number of nitrogens with one attached hydrogen (secondary N) is 2. The molecule has 4 N–H and O–H groups in total. The predicted molar refractivity (Wildman–Crippen MR) is 84.0 cm³/mol. The third kappa shape index (κ3) is 2.79. The van der Waals surface area contributed by atoms with Crippen LogP contribution in [-0.4, -0.2) is 49.5 Å². The van der Waals surface area contributed by atoms with Crippen LogP contribution in [0.1, 0.15) is 19.2 Å². The Hall–Kier alpha value is -2.42. The number of imidazole rings is 1. The molecule has 23 heavy (non-hydrogen) atoms. The molecular weight excluding hydrogens is 300 g/mol. The molecule has 1 fully saturated rings. The van der Waals surface area contributed by atoms with Crippen molar-refractivity contribution in [3.8, 4) is 0 Å². The molecule has 0 aromatic carbocycles. The molecule has 1 amide bonds. The lowest BCUT2D eigenvalue weighted by Gasteiger charge is -2.15. The molecule has 1 saturated heterocycles. The molecule has 0 aliphatic carbocycles. The molecule has 3 heterocycles. The molecule has 124 valence electrons. The van der Waals surface area contributed by atoms with E-state index >= 15 is 0 Å². The molecule has 1 aliphatic heterocycles. The van der Waals surface area contributed by atoms with Crippen molar-refractivity contribution in [1.29, 1.82) is 0 Å². The number of nitrogens with zero attached hydrogens (tertiary/aromatic N) is 3. The Bertz CT molecular complexity index is 854. The lowest BCUT2D eigenvalue weighted by atomic mass is 10.1. The Morgan fingerprint density at radius 2 is 2.09 bits per heavy atom. The van der Waals surface area contributed by atoms with Crippen molar-refractivity contribution in [3.05, 3.63) is 26.7 Å². The number of aryl methyl sites for hydroxylation is 2. The zero-order valence-corrected chi connectivity index (χ0v) is 13.1. The highest BCUT2D eigenvalue weighted by atomic mass is 16.2. The number of hydrogen-bond donors (Lipinski definition) is 3. The molecule has 0 saturated carbocycles. The number of aromatic amines is 2. The van der Waals surface area contributed by atoms with E-state index in [1.807, 2.05) is 6.92 Å². The molecule has 9 heteroatoms. The van der Waals surface area contributed by atoms with E-state index in [9.17, 15) is 14.4 Å². The number of carbonyl (C=O) groups excluding carboxylic acids is 1. The van der Waals surface area contributed by atoms with Crippen LogP contribution in [0.3, 0.4) is 0 Å². The minimum absolute atomic E-state index is 0.0213. The maximum Gasteiger partial charge on any atom is 0.329 e. The topological polar surface area (TPSA) is 130 Å². The Balaban J connectivity index is 1.74. The van der Waals surface area contributed by atoms with Gasteiger partial charge in [-0.05, 0) is 5.92 Å². The number of likely N-dealkylation sites (tertiary alicyclic amines) is 1. The van der Waals surface area contributed by atoms with Gasteiger partial charge >= 0.3 is 5.69 Å². The van der Waals surface area contributed by atoms with E-state index in [2.05, 4.69) is 15.0 Å². The van der Waals surface area contributed by atoms with Gasteiger partial charge in [-0.25, -0.2) is 9.78 Å². The number of aromatic nitrogens is 4. The first kappa shape index (κ1) is 15.5. The maximum atomic E-state index is 12.2. The van der Waals surface area contributed by atoms with Crippen LogP contribution in [0.15, 0.2) is 9.59 Å². The average molecular weight is 320 g/mol. The van der Waals surface area contributed by atoms with Crippen LogP contribution in [0.4, 0.5) is 0 Å². The Labute approximate surface area is 131 Å². The van der Waals surface area contributed by atoms with Gasteiger partial charge in [0.2, 0.25) is 5.91 Å². The van der Waals surface area contributed by atoms with Crippen LogP contribution in [0.5, 0.6) is 0 Å². The van der Waals surface area contributed by atoms with Gasteiger partial charge in [0.1, 0.15) is 11.3 Å². The summed E-state index contributed by atoms with van der Waals surface area (Å²) in [5.41, 5.74) is 5.44. The van der Waals surface area contributed by atoms with Gasteiger partial charge in [0.25, 0.3) is 5.56 Å². The second kappa shape index (κ2) is 5.65. The summed E-state index contributed by atoms with van der Waals surface area (Å²) in [6.07, 6.45) is 0.659. The van der Waals surface area contributed by atoms with E-state index in [-0.39, 0.29) is 29.5 Å². The zero-order chi connectivity index (χ0) is 16.7. The highest BCUT2D eigenvalue weighted by Crippen LogP contribution is 2.16. The van der Waals surface area contributed by atoms with E-state index in [0.29, 0.717) is 31.3 Å². The zero-order valence-electron chi connectivity index (χ0n) is 13.1. The second-order valence-electron chi connectivity index (χ2n) is 6.14. The second-order valence-corrected chi connectivity index (χ2v) is 6.14. The fourth-order valence-electron chi connectivity index (χ4n) is 2.85. The van der Waals surface area contributed by atoms with Crippen molar-refractivity contribution < 1.29 is 4.79 Å². The van der Waals surface area contributed by atoms with Crippen LogP contribution < -0.4 is 17.0 Å². The van der Waals surface area contributed by atoms with E-state index in [0.717, 1.165) is 0 Å². The fraction of sp³-hybridized carbons (Fsp3) is 0.571. The van der Waals surface area contributed by atoms with E-state index in [1.54, 1.807) is 4.90 Å². The lowest BCUT2D eigenvalue weighted by molar-refractivity contribution is -0.130. The third-order valence-corrected chi connectivity index (χ3v) is 4.40. The molecule has 0 radical (unpaired) electrons. The summed E-state index contributed by atoms with van der Waals surface area (Å²) in [6, 6.07) is 0.0261. The predicted octanol–water partition coefficient (Wildman–Crippen LogP) is -1.31. The molecule has 2 unspecified atom stereocenters. The van der Waals surface area contributed by atoms with Gasteiger partial charge in [0.15, 0.2) is 5.65 Å². The van der Waals surface area contributed by atoms with E-state index in [4.69, 9.17) is 5.73 Å². The van der Waals surface area contributed by atoms with E-state index < -0.39 is 11.2 Å². The number of amides is 1.